The van der Waals surface area contributed by atoms with E-state index in [2.05, 4.69) is 15.8 Å². The van der Waals surface area contributed by atoms with E-state index in [4.69, 9.17) is 0 Å². The van der Waals surface area contributed by atoms with E-state index in [-0.39, 0.29) is 18.4 Å². The number of nitrogens with zero attached hydrogens (tertiary/aromatic N) is 1. The predicted octanol–water partition coefficient (Wildman–Crippen LogP) is 1.88. The summed E-state index contributed by atoms with van der Waals surface area (Å²) in [5.41, 5.74) is 4.84. The van der Waals surface area contributed by atoms with Crippen molar-refractivity contribution in [2.75, 3.05) is 6.54 Å². The smallest absolute Gasteiger partial charge is 0.259 e. The van der Waals surface area contributed by atoms with Crippen molar-refractivity contribution in [2.45, 2.75) is 6.92 Å². The van der Waals surface area contributed by atoms with E-state index in [0.29, 0.717) is 5.56 Å². The molecular formula is C17H17N3O2. The maximum absolute atomic E-state index is 11.8. The molecule has 0 fully saturated rings. The molecule has 0 radical (unpaired) electrons. The summed E-state index contributed by atoms with van der Waals surface area (Å²) in [4.78, 5) is 23.4. The van der Waals surface area contributed by atoms with Crippen molar-refractivity contribution in [3.63, 3.8) is 0 Å². The third-order valence-corrected chi connectivity index (χ3v) is 2.93. The Kier molecular flexibility index (Phi) is 5.43. The highest BCUT2D eigenvalue weighted by Gasteiger charge is 2.06. The number of hydrogen-bond acceptors (Lipinski definition) is 3. The summed E-state index contributed by atoms with van der Waals surface area (Å²) in [5.74, 6) is -0.671. The molecule has 0 bridgehead atoms. The van der Waals surface area contributed by atoms with Gasteiger partial charge in [0.25, 0.3) is 11.8 Å². The summed E-state index contributed by atoms with van der Waals surface area (Å²) in [6.07, 6.45) is 1.54. The van der Waals surface area contributed by atoms with Gasteiger partial charge in [-0.2, -0.15) is 5.10 Å². The Hall–Kier alpha value is -2.95. The number of carbonyl (C=O) groups is 2. The van der Waals surface area contributed by atoms with Crippen molar-refractivity contribution in [1.82, 2.24) is 10.7 Å². The molecule has 0 saturated carbocycles. The Balaban J connectivity index is 1.77. The minimum Gasteiger partial charge on any atom is -0.343 e. The molecule has 0 atom stereocenters. The Bertz CT molecular complexity index is 664. The molecule has 0 aliphatic rings. The molecule has 112 valence electrons. The van der Waals surface area contributed by atoms with Crippen molar-refractivity contribution in [1.29, 1.82) is 0 Å². The number of nitrogens with one attached hydrogen (secondary N) is 2. The average molecular weight is 295 g/mol. The van der Waals surface area contributed by atoms with Crippen LogP contribution < -0.4 is 10.7 Å². The van der Waals surface area contributed by atoms with Crippen LogP contribution in [0.25, 0.3) is 0 Å². The number of aryl methyl sites for hydroxylation is 1. The van der Waals surface area contributed by atoms with Crippen molar-refractivity contribution in [3.05, 3.63) is 71.3 Å². The topological polar surface area (TPSA) is 70.6 Å². The van der Waals surface area contributed by atoms with Crippen LogP contribution in [0.2, 0.25) is 0 Å². The van der Waals surface area contributed by atoms with E-state index in [1.807, 2.05) is 49.4 Å². The first-order valence-corrected chi connectivity index (χ1v) is 6.87. The molecule has 2 rings (SSSR count). The van der Waals surface area contributed by atoms with Crippen LogP contribution in [0.1, 0.15) is 21.5 Å². The third-order valence-electron chi connectivity index (χ3n) is 2.93. The van der Waals surface area contributed by atoms with Gasteiger partial charge in [0.1, 0.15) is 0 Å². The van der Waals surface area contributed by atoms with Gasteiger partial charge in [-0.05, 0) is 24.6 Å². The van der Waals surface area contributed by atoms with Gasteiger partial charge in [-0.3, -0.25) is 9.59 Å². The summed E-state index contributed by atoms with van der Waals surface area (Å²) < 4.78 is 0. The summed E-state index contributed by atoms with van der Waals surface area (Å²) in [5, 5.41) is 6.37. The van der Waals surface area contributed by atoms with E-state index >= 15 is 0 Å². The van der Waals surface area contributed by atoms with Gasteiger partial charge in [0.05, 0.1) is 12.8 Å². The monoisotopic (exact) mass is 295 g/mol. The standard InChI is InChI=1S/C17H17N3O2/c1-13-7-9-15(10-8-13)17(22)18-12-16(21)20-19-11-14-5-3-2-4-6-14/h2-11H,12H2,1H3,(H,18,22)(H,20,21)/b19-11-. The van der Waals surface area contributed by atoms with Gasteiger partial charge in [0.2, 0.25) is 0 Å². The Labute approximate surface area is 129 Å². The van der Waals surface area contributed by atoms with Crippen molar-refractivity contribution >= 4 is 18.0 Å². The molecule has 0 saturated heterocycles. The molecular weight excluding hydrogens is 278 g/mol. The normalized spacial score (nSPS) is 10.4. The Morgan fingerprint density at radius 1 is 1.05 bits per heavy atom. The largest absolute Gasteiger partial charge is 0.343 e. The molecule has 0 spiro atoms. The molecule has 2 N–H and O–H groups in total. The van der Waals surface area contributed by atoms with Gasteiger partial charge >= 0.3 is 0 Å². The van der Waals surface area contributed by atoms with Crippen LogP contribution in [-0.2, 0) is 4.79 Å². The number of amides is 2. The summed E-state index contributed by atoms with van der Waals surface area (Å²) in [7, 11) is 0. The lowest BCUT2D eigenvalue weighted by Crippen LogP contribution is -2.34. The number of benzene rings is 2. The van der Waals surface area contributed by atoms with Gasteiger partial charge in [0.15, 0.2) is 0 Å². The molecule has 0 unspecified atom stereocenters. The van der Waals surface area contributed by atoms with Crippen LogP contribution in [0.5, 0.6) is 0 Å². The van der Waals surface area contributed by atoms with Gasteiger partial charge in [-0.15, -0.1) is 0 Å². The van der Waals surface area contributed by atoms with Crippen molar-refractivity contribution < 1.29 is 9.59 Å². The third kappa shape index (κ3) is 4.86. The molecule has 5 nitrogen and oxygen atoms in total. The van der Waals surface area contributed by atoms with Crippen LogP contribution in [-0.4, -0.2) is 24.6 Å². The van der Waals surface area contributed by atoms with Crippen molar-refractivity contribution in [2.24, 2.45) is 5.10 Å². The molecule has 0 aromatic heterocycles. The van der Waals surface area contributed by atoms with Crippen LogP contribution in [0.4, 0.5) is 0 Å². The highest BCUT2D eigenvalue weighted by molar-refractivity contribution is 5.96. The van der Waals surface area contributed by atoms with E-state index in [1.165, 1.54) is 0 Å². The highest BCUT2D eigenvalue weighted by atomic mass is 16.2. The fraction of sp³-hybridized carbons (Fsp3) is 0.118. The van der Waals surface area contributed by atoms with Crippen LogP contribution in [0, 0.1) is 6.92 Å². The second-order valence-corrected chi connectivity index (χ2v) is 4.75. The maximum atomic E-state index is 11.8. The molecule has 2 aromatic rings. The van der Waals surface area contributed by atoms with Gasteiger partial charge in [-0.1, -0.05) is 48.0 Å². The molecule has 5 heteroatoms. The zero-order valence-electron chi connectivity index (χ0n) is 12.2. The lowest BCUT2D eigenvalue weighted by atomic mass is 10.1. The minimum absolute atomic E-state index is 0.126. The highest BCUT2D eigenvalue weighted by Crippen LogP contribution is 2.02. The second-order valence-electron chi connectivity index (χ2n) is 4.75. The first kappa shape index (κ1) is 15.4. The summed E-state index contributed by atoms with van der Waals surface area (Å²) in [6, 6.07) is 16.5. The lowest BCUT2D eigenvalue weighted by Gasteiger charge is -2.04. The number of rotatable bonds is 5. The summed E-state index contributed by atoms with van der Waals surface area (Å²) in [6.45, 7) is 1.82. The van der Waals surface area contributed by atoms with E-state index in [1.54, 1.807) is 18.3 Å². The van der Waals surface area contributed by atoms with E-state index in [0.717, 1.165) is 11.1 Å². The average Bonchev–Trinajstić information content (AvgIpc) is 2.54. The fourth-order valence-electron chi connectivity index (χ4n) is 1.72. The molecule has 0 aliphatic carbocycles. The second kappa shape index (κ2) is 7.73. The zero-order chi connectivity index (χ0) is 15.8. The number of carbonyl (C=O) groups excluding carboxylic acids is 2. The number of hydrogen-bond donors (Lipinski definition) is 2. The lowest BCUT2D eigenvalue weighted by molar-refractivity contribution is -0.120. The molecule has 22 heavy (non-hydrogen) atoms. The molecule has 0 aliphatic heterocycles. The first-order chi connectivity index (χ1) is 10.6. The fourth-order valence-corrected chi connectivity index (χ4v) is 1.72. The van der Waals surface area contributed by atoms with Crippen molar-refractivity contribution in [3.8, 4) is 0 Å². The zero-order valence-corrected chi connectivity index (χ0v) is 12.2. The van der Waals surface area contributed by atoms with E-state index < -0.39 is 0 Å². The Morgan fingerprint density at radius 3 is 2.41 bits per heavy atom. The predicted molar refractivity (Wildman–Crippen MR) is 85.7 cm³/mol. The number of hydrazone groups is 1. The van der Waals surface area contributed by atoms with Gasteiger partial charge < -0.3 is 5.32 Å². The van der Waals surface area contributed by atoms with E-state index in [9.17, 15) is 9.59 Å². The Morgan fingerprint density at radius 2 is 1.73 bits per heavy atom. The minimum atomic E-state index is -0.382. The summed E-state index contributed by atoms with van der Waals surface area (Å²) >= 11 is 0. The first-order valence-electron chi connectivity index (χ1n) is 6.87. The van der Waals surface area contributed by atoms with Gasteiger partial charge in [0, 0.05) is 5.56 Å². The maximum Gasteiger partial charge on any atom is 0.259 e. The van der Waals surface area contributed by atoms with Crippen LogP contribution in [0.15, 0.2) is 59.7 Å². The SMILES string of the molecule is Cc1ccc(C(=O)NCC(=O)N/N=C\c2ccccc2)cc1. The van der Waals surface area contributed by atoms with Crippen LogP contribution in [0.3, 0.4) is 0 Å². The quantitative estimate of drug-likeness (QED) is 0.653. The van der Waals surface area contributed by atoms with Crippen LogP contribution >= 0.6 is 0 Å². The molecule has 2 aromatic carbocycles. The van der Waals surface area contributed by atoms with Gasteiger partial charge in [-0.25, -0.2) is 5.43 Å². The molecule has 0 heterocycles. The molecule has 2 amide bonds.